The lowest BCUT2D eigenvalue weighted by Crippen LogP contribution is -2.44. The van der Waals surface area contributed by atoms with Crippen molar-refractivity contribution in [1.82, 2.24) is 35.0 Å². The van der Waals surface area contributed by atoms with Gasteiger partial charge in [-0.3, -0.25) is 5.10 Å². The largest absolute Gasteiger partial charge is 0.421 e. The lowest BCUT2D eigenvalue weighted by Gasteiger charge is -2.33. The molecule has 0 spiro atoms. The van der Waals surface area contributed by atoms with Crippen LogP contribution in [0.1, 0.15) is 11.5 Å². The number of benzene rings is 1. The van der Waals surface area contributed by atoms with E-state index in [1.54, 1.807) is 6.07 Å². The number of likely N-dealkylation sites (N-methyl/N-ethyl adjacent to an activating group) is 1. The molecule has 0 bridgehead atoms. The summed E-state index contributed by atoms with van der Waals surface area (Å²) in [7, 11) is 2.09. The van der Waals surface area contributed by atoms with Crippen molar-refractivity contribution in [2.24, 2.45) is 0 Å². The van der Waals surface area contributed by atoms with Gasteiger partial charge in [0.2, 0.25) is 5.95 Å². The molecule has 3 N–H and O–H groups in total. The summed E-state index contributed by atoms with van der Waals surface area (Å²) >= 11 is 0. The van der Waals surface area contributed by atoms with Crippen LogP contribution in [-0.4, -0.2) is 68.3 Å². The fraction of sp³-hybridized carbons (Fsp3) is 0.333. The Balaban J connectivity index is 1.49. The topological polar surface area (TPSA) is 111 Å². The van der Waals surface area contributed by atoms with Crippen molar-refractivity contribution in [2.45, 2.75) is 13.8 Å². The molecule has 166 valence electrons. The smallest absolute Gasteiger partial charge is 0.326 e. The summed E-state index contributed by atoms with van der Waals surface area (Å²) in [6.45, 7) is 7.19. The predicted octanol–water partition coefficient (Wildman–Crippen LogP) is 3.12. The Morgan fingerprint density at radius 3 is 2.59 bits per heavy atom. The molecule has 3 aromatic heterocycles. The number of aromatic amines is 2. The van der Waals surface area contributed by atoms with Crippen molar-refractivity contribution < 1.29 is 9.13 Å². The molecule has 10 nitrogen and oxygen atoms in total. The first-order valence-electron chi connectivity index (χ1n) is 10.4. The number of fused-ring (bicyclic) bond motifs is 1. The fourth-order valence-corrected chi connectivity index (χ4v) is 3.69. The lowest BCUT2D eigenvalue weighted by molar-refractivity contribution is 0.311. The zero-order chi connectivity index (χ0) is 22.2. The molecule has 0 amide bonds. The SMILES string of the molecule is Cc1cc2cc(Oc3nc(Nc4n[nH]c(C)n4)cc(N4CCN(C)CC4)n3)c(F)cc2[nH]1. The molecular formula is C21H24FN9O. The third-order valence-electron chi connectivity index (χ3n) is 5.37. The van der Waals surface area contributed by atoms with Crippen LogP contribution in [0.2, 0.25) is 0 Å². The summed E-state index contributed by atoms with van der Waals surface area (Å²) in [6.07, 6.45) is 0. The molecule has 1 fully saturated rings. The van der Waals surface area contributed by atoms with Crippen molar-refractivity contribution in [3.05, 3.63) is 41.6 Å². The zero-order valence-electron chi connectivity index (χ0n) is 18.1. The van der Waals surface area contributed by atoms with Gasteiger partial charge >= 0.3 is 6.01 Å². The van der Waals surface area contributed by atoms with Gasteiger partial charge in [-0.25, -0.2) is 4.39 Å². The minimum Gasteiger partial charge on any atom is -0.421 e. The average Bonchev–Trinajstić information content (AvgIpc) is 3.32. The molecule has 0 unspecified atom stereocenters. The van der Waals surface area contributed by atoms with Crippen LogP contribution < -0.4 is 15.0 Å². The zero-order valence-corrected chi connectivity index (χ0v) is 18.1. The summed E-state index contributed by atoms with van der Waals surface area (Å²) in [5, 5.41) is 10.8. The van der Waals surface area contributed by atoms with E-state index in [0.29, 0.717) is 28.9 Å². The molecule has 0 saturated carbocycles. The third-order valence-corrected chi connectivity index (χ3v) is 5.37. The van der Waals surface area contributed by atoms with Crippen LogP contribution in [0.4, 0.5) is 22.0 Å². The molecule has 4 heterocycles. The van der Waals surface area contributed by atoms with E-state index in [4.69, 9.17) is 4.74 Å². The molecule has 11 heteroatoms. The minimum atomic E-state index is -0.493. The number of H-pyrrole nitrogens is 2. The van der Waals surface area contributed by atoms with Gasteiger partial charge in [0, 0.05) is 54.9 Å². The van der Waals surface area contributed by atoms with E-state index >= 15 is 0 Å². The molecule has 1 aliphatic rings. The highest BCUT2D eigenvalue weighted by Crippen LogP contribution is 2.30. The summed E-state index contributed by atoms with van der Waals surface area (Å²) in [6, 6.07) is 6.85. The van der Waals surface area contributed by atoms with Gasteiger partial charge < -0.3 is 24.8 Å². The van der Waals surface area contributed by atoms with Gasteiger partial charge in [-0.15, -0.1) is 5.10 Å². The van der Waals surface area contributed by atoms with Gasteiger partial charge in [-0.2, -0.15) is 15.0 Å². The van der Waals surface area contributed by atoms with E-state index < -0.39 is 5.82 Å². The molecule has 32 heavy (non-hydrogen) atoms. The van der Waals surface area contributed by atoms with E-state index in [-0.39, 0.29) is 11.8 Å². The van der Waals surface area contributed by atoms with Crippen LogP contribution >= 0.6 is 0 Å². The van der Waals surface area contributed by atoms with Gasteiger partial charge in [0.25, 0.3) is 0 Å². The Hall–Kier alpha value is -3.73. The van der Waals surface area contributed by atoms with Crippen molar-refractivity contribution >= 4 is 28.5 Å². The second-order valence-corrected chi connectivity index (χ2v) is 7.98. The first kappa shape index (κ1) is 20.2. The molecule has 1 aromatic carbocycles. The lowest BCUT2D eigenvalue weighted by atomic mass is 10.2. The number of halogens is 1. The van der Waals surface area contributed by atoms with Crippen molar-refractivity contribution in [2.75, 3.05) is 43.4 Å². The first-order chi connectivity index (χ1) is 15.4. The molecule has 0 radical (unpaired) electrons. The summed E-state index contributed by atoms with van der Waals surface area (Å²) in [4.78, 5) is 20.8. The van der Waals surface area contributed by atoms with Gasteiger partial charge in [0.15, 0.2) is 11.6 Å². The van der Waals surface area contributed by atoms with Crippen LogP contribution in [0.25, 0.3) is 10.9 Å². The number of rotatable bonds is 5. The van der Waals surface area contributed by atoms with E-state index in [1.165, 1.54) is 6.07 Å². The Bertz CT molecular complexity index is 1260. The monoisotopic (exact) mass is 437 g/mol. The highest BCUT2D eigenvalue weighted by molar-refractivity contribution is 5.82. The van der Waals surface area contributed by atoms with Crippen LogP contribution in [0.3, 0.4) is 0 Å². The van der Waals surface area contributed by atoms with E-state index in [1.807, 2.05) is 26.0 Å². The molecule has 1 saturated heterocycles. The number of hydrogen-bond donors (Lipinski definition) is 3. The normalized spacial score (nSPS) is 14.8. The summed E-state index contributed by atoms with van der Waals surface area (Å²) < 4.78 is 20.5. The number of nitrogens with one attached hydrogen (secondary N) is 3. The standard InChI is InChI=1S/C21H24FN9O/c1-12-8-14-9-17(15(22)10-16(14)23-12)32-21-26-18(25-20-24-13(2)28-29-20)11-19(27-21)31-6-4-30(3)5-7-31/h8-11,23H,4-7H2,1-3H3,(H2,24,25,26,27,28,29). The van der Waals surface area contributed by atoms with Gasteiger partial charge in [0.1, 0.15) is 17.5 Å². The van der Waals surface area contributed by atoms with Gasteiger partial charge in [0.05, 0.1) is 0 Å². The van der Waals surface area contributed by atoms with Gasteiger partial charge in [-0.05, 0) is 33.0 Å². The molecule has 5 rings (SSSR count). The van der Waals surface area contributed by atoms with Crippen molar-refractivity contribution in [1.29, 1.82) is 0 Å². The van der Waals surface area contributed by atoms with E-state index in [2.05, 4.69) is 52.3 Å². The number of ether oxygens (including phenoxy) is 1. The molecule has 4 aromatic rings. The third kappa shape index (κ3) is 4.19. The quantitative estimate of drug-likeness (QED) is 0.437. The maximum absolute atomic E-state index is 14.7. The summed E-state index contributed by atoms with van der Waals surface area (Å²) in [5.74, 6) is 1.78. The van der Waals surface area contributed by atoms with Crippen LogP contribution in [0, 0.1) is 19.7 Å². The highest BCUT2D eigenvalue weighted by atomic mass is 19.1. The Kier molecular flexibility index (Phi) is 5.10. The molecular weight excluding hydrogens is 413 g/mol. The van der Waals surface area contributed by atoms with E-state index in [0.717, 1.165) is 37.3 Å². The Morgan fingerprint density at radius 2 is 1.84 bits per heavy atom. The van der Waals surface area contributed by atoms with E-state index in [9.17, 15) is 4.39 Å². The highest BCUT2D eigenvalue weighted by Gasteiger charge is 2.19. The fourth-order valence-electron chi connectivity index (χ4n) is 3.69. The maximum Gasteiger partial charge on any atom is 0.326 e. The van der Waals surface area contributed by atoms with Crippen molar-refractivity contribution in [3.63, 3.8) is 0 Å². The van der Waals surface area contributed by atoms with Crippen LogP contribution in [0.15, 0.2) is 24.3 Å². The van der Waals surface area contributed by atoms with Crippen LogP contribution in [-0.2, 0) is 0 Å². The summed E-state index contributed by atoms with van der Waals surface area (Å²) in [5.41, 5.74) is 1.65. The minimum absolute atomic E-state index is 0.0432. The predicted molar refractivity (Wildman–Crippen MR) is 119 cm³/mol. The Labute approximate surface area is 183 Å². The maximum atomic E-state index is 14.7. The van der Waals surface area contributed by atoms with Crippen LogP contribution in [0.5, 0.6) is 11.8 Å². The Morgan fingerprint density at radius 1 is 1.03 bits per heavy atom. The molecule has 0 aliphatic carbocycles. The second-order valence-electron chi connectivity index (χ2n) is 7.98. The van der Waals surface area contributed by atoms with Crippen molar-refractivity contribution in [3.8, 4) is 11.8 Å². The number of aromatic nitrogens is 6. The number of piperazine rings is 1. The number of anilines is 3. The average molecular weight is 437 g/mol. The number of hydrogen-bond acceptors (Lipinski definition) is 8. The van der Waals surface area contributed by atoms with Gasteiger partial charge in [-0.1, -0.05) is 0 Å². The number of aryl methyl sites for hydroxylation is 2. The molecule has 0 atom stereocenters. The first-order valence-corrected chi connectivity index (χ1v) is 10.4. The molecule has 1 aliphatic heterocycles. The second kappa shape index (κ2) is 8.08. The number of nitrogens with zero attached hydrogens (tertiary/aromatic N) is 6.